The predicted molar refractivity (Wildman–Crippen MR) is 57.4 cm³/mol. The molecule has 0 unspecified atom stereocenters. The Morgan fingerprint density at radius 3 is 2.21 bits per heavy atom. The van der Waals surface area contributed by atoms with Gasteiger partial charge in [0.1, 0.15) is 13.1 Å². The summed E-state index contributed by atoms with van der Waals surface area (Å²) < 4.78 is 41.6. The molecule has 1 fully saturated rings. The Labute approximate surface area is 116 Å². The van der Waals surface area contributed by atoms with Crippen LogP contribution in [0.25, 0.3) is 0 Å². The van der Waals surface area contributed by atoms with Gasteiger partial charge in [0.05, 0.1) is 13.2 Å². The largest absolute Gasteiger partial charge is 0.377 e. The zero-order chi connectivity index (χ0) is 14.5. The van der Waals surface area contributed by atoms with Crippen LogP contribution < -0.4 is 28.0 Å². The Morgan fingerprint density at radius 1 is 1.21 bits per heavy atom. The Bertz CT molecular complexity index is 448. The highest BCUT2D eigenvalue weighted by Crippen LogP contribution is 2.00. The number of aromatic nitrogens is 1. The molecule has 0 aromatic carbocycles. The second kappa shape index (κ2) is 7.25. The standard InChI is InChI=1S/C10H15N2OS.ClHO4/c1-8-7-9(2)14-10(11-8)12-3-5-13-6-4-12;2-1(3,4)5/h7H,3-6H2,1-2H3;(H,2,3,4,5)/q+1;/p-1. The molecule has 0 atom stereocenters. The van der Waals surface area contributed by atoms with Crippen molar-refractivity contribution in [1.82, 2.24) is 9.56 Å². The van der Waals surface area contributed by atoms with Gasteiger partial charge in [0.25, 0.3) is 0 Å². The Kier molecular flexibility index (Phi) is 6.27. The van der Waals surface area contributed by atoms with Gasteiger partial charge in [0, 0.05) is 11.8 Å². The number of morpholine rings is 1. The lowest BCUT2D eigenvalue weighted by molar-refractivity contribution is -2.00. The lowest BCUT2D eigenvalue weighted by atomic mass is 10.4. The minimum atomic E-state index is -4.94. The number of ether oxygens (including phenoxy) is 1. The van der Waals surface area contributed by atoms with E-state index in [-0.39, 0.29) is 0 Å². The zero-order valence-corrected chi connectivity index (χ0v) is 12.2. The van der Waals surface area contributed by atoms with Gasteiger partial charge in [0.15, 0.2) is 5.69 Å². The van der Waals surface area contributed by atoms with Crippen LogP contribution in [0.1, 0.15) is 10.6 Å². The van der Waals surface area contributed by atoms with Gasteiger partial charge in [-0.1, -0.05) is 11.3 Å². The molecule has 0 amide bonds. The van der Waals surface area contributed by atoms with Crippen LogP contribution in [0.5, 0.6) is 0 Å². The van der Waals surface area contributed by atoms with Crippen LogP contribution >= 0.6 is 11.3 Å². The molecule has 1 aromatic heterocycles. The van der Waals surface area contributed by atoms with Crippen LogP contribution in [0, 0.1) is 24.1 Å². The number of aryl methyl sites for hydroxylation is 2. The summed E-state index contributed by atoms with van der Waals surface area (Å²) in [5.74, 6) is 0. The van der Waals surface area contributed by atoms with Gasteiger partial charge in [-0.05, 0) is 18.0 Å². The van der Waals surface area contributed by atoms with E-state index >= 15 is 0 Å². The summed E-state index contributed by atoms with van der Waals surface area (Å²) >= 11 is 1.76. The molecule has 1 saturated heterocycles. The van der Waals surface area contributed by atoms with E-state index in [0.29, 0.717) is 0 Å². The minimum absolute atomic E-state index is 0.821. The molecule has 0 saturated carbocycles. The molecule has 0 N–H and O–H groups in total. The molecule has 0 bridgehead atoms. The molecule has 0 radical (unpaired) electrons. The second-order valence-electron chi connectivity index (χ2n) is 3.87. The first-order valence-corrected chi connectivity index (χ1v) is 7.53. The van der Waals surface area contributed by atoms with Gasteiger partial charge in [-0.2, -0.15) is 0 Å². The summed E-state index contributed by atoms with van der Waals surface area (Å²) in [6.45, 7) is 7.74. The third kappa shape index (κ3) is 7.53. The van der Waals surface area contributed by atoms with Crippen molar-refractivity contribution >= 4 is 11.3 Å². The second-order valence-corrected chi connectivity index (χ2v) is 5.84. The molecule has 1 aliphatic rings. The van der Waals surface area contributed by atoms with Crippen molar-refractivity contribution in [2.45, 2.75) is 13.8 Å². The number of rotatable bonds is 0. The van der Waals surface area contributed by atoms with E-state index in [1.807, 2.05) is 6.92 Å². The van der Waals surface area contributed by atoms with Crippen LogP contribution in [-0.4, -0.2) is 31.3 Å². The molecule has 19 heavy (non-hydrogen) atoms. The minimum Gasteiger partial charge on any atom is -0.373 e. The van der Waals surface area contributed by atoms with E-state index in [4.69, 9.17) is 23.4 Å². The zero-order valence-electron chi connectivity index (χ0n) is 10.6. The fraction of sp³-hybridized carbons (Fsp3) is 0.600. The average molecular weight is 311 g/mol. The molecule has 9 heteroatoms. The van der Waals surface area contributed by atoms with Crippen molar-refractivity contribution in [3.63, 3.8) is 0 Å². The fourth-order valence-corrected chi connectivity index (χ4v) is 2.58. The topological polar surface area (TPSA) is 117 Å². The van der Waals surface area contributed by atoms with E-state index in [1.54, 1.807) is 11.3 Å². The van der Waals surface area contributed by atoms with Crippen LogP contribution in [0.15, 0.2) is 6.07 Å². The Hall–Kier alpha value is -0.610. The maximum absolute atomic E-state index is 8.49. The Morgan fingerprint density at radius 2 is 1.74 bits per heavy atom. The molecule has 1 aromatic rings. The van der Waals surface area contributed by atoms with Crippen LogP contribution in [0.2, 0.25) is 0 Å². The molecule has 1 aliphatic heterocycles. The van der Waals surface area contributed by atoms with Gasteiger partial charge in [0.2, 0.25) is 0 Å². The van der Waals surface area contributed by atoms with Crippen molar-refractivity contribution in [3.8, 4) is 0 Å². The van der Waals surface area contributed by atoms with E-state index in [0.717, 1.165) is 36.8 Å². The first kappa shape index (κ1) is 16.4. The fourth-order valence-electron chi connectivity index (χ4n) is 1.56. The SMILES string of the molecule is Cc1cc(C)sc(=[N+]2CCOCC2)n1.[O-][Cl+3]([O-])([O-])[O-]. The highest BCUT2D eigenvalue weighted by atomic mass is 35.7. The van der Waals surface area contributed by atoms with Gasteiger partial charge in [-0.25, -0.2) is 23.2 Å². The molecule has 7 nitrogen and oxygen atoms in total. The van der Waals surface area contributed by atoms with Gasteiger partial charge in [-0.3, -0.25) is 0 Å². The lowest BCUT2D eigenvalue weighted by Crippen LogP contribution is -2.68. The summed E-state index contributed by atoms with van der Waals surface area (Å²) in [5, 5.41) is 0. The molecule has 0 aliphatic carbocycles. The van der Waals surface area contributed by atoms with Crippen molar-refractivity contribution in [2.24, 2.45) is 0 Å². The number of hydrogen-bond acceptors (Lipinski definition) is 7. The third-order valence-corrected chi connectivity index (χ3v) is 3.19. The predicted octanol–water partition coefficient (Wildman–Crippen LogP) is -4.19. The summed E-state index contributed by atoms with van der Waals surface area (Å²) in [6.07, 6.45) is 0. The average Bonchev–Trinajstić information content (AvgIpc) is 2.26. The van der Waals surface area contributed by atoms with Crippen LogP contribution in [0.3, 0.4) is 0 Å². The molecule has 2 rings (SSSR count). The summed E-state index contributed by atoms with van der Waals surface area (Å²) in [7, 11) is -4.94. The van der Waals surface area contributed by atoms with Crippen molar-refractivity contribution in [1.29, 1.82) is 0 Å². The quantitative estimate of drug-likeness (QED) is 0.448. The number of halogens is 1. The van der Waals surface area contributed by atoms with E-state index < -0.39 is 10.2 Å². The van der Waals surface area contributed by atoms with E-state index in [1.165, 1.54) is 4.88 Å². The first-order valence-electron chi connectivity index (χ1n) is 5.48. The Balaban J connectivity index is 0.000000312. The van der Waals surface area contributed by atoms with Gasteiger partial charge < -0.3 is 4.74 Å². The first-order chi connectivity index (χ1) is 8.75. The molecular weight excluding hydrogens is 296 g/mol. The maximum Gasteiger partial charge on any atom is 0.377 e. The number of nitrogens with zero attached hydrogens (tertiary/aromatic N) is 2. The van der Waals surface area contributed by atoms with Crippen LogP contribution in [0.4, 0.5) is 0 Å². The van der Waals surface area contributed by atoms with Gasteiger partial charge in [-0.15, -0.1) is 10.2 Å². The summed E-state index contributed by atoms with van der Waals surface area (Å²) in [6, 6.07) is 2.12. The van der Waals surface area contributed by atoms with Crippen molar-refractivity contribution in [3.05, 3.63) is 21.4 Å². The summed E-state index contributed by atoms with van der Waals surface area (Å²) in [4.78, 5) is 7.00. The number of hydrogen-bond donors (Lipinski definition) is 0. The van der Waals surface area contributed by atoms with Crippen molar-refractivity contribution in [2.75, 3.05) is 26.3 Å². The molecule has 2 heterocycles. The molecular formula is C10H15ClN2O5S. The van der Waals surface area contributed by atoms with E-state index in [9.17, 15) is 0 Å². The monoisotopic (exact) mass is 310 g/mol. The van der Waals surface area contributed by atoms with E-state index in [2.05, 4.69) is 22.5 Å². The smallest absolute Gasteiger partial charge is 0.373 e. The highest BCUT2D eigenvalue weighted by Gasteiger charge is 2.11. The maximum atomic E-state index is 8.49. The molecule has 108 valence electrons. The van der Waals surface area contributed by atoms with Gasteiger partial charge >= 0.3 is 4.80 Å². The molecule has 0 spiro atoms. The normalized spacial score (nSPS) is 15.8. The third-order valence-electron chi connectivity index (χ3n) is 2.22. The highest BCUT2D eigenvalue weighted by molar-refractivity contribution is 7.08. The van der Waals surface area contributed by atoms with Crippen molar-refractivity contribution < 1.29 is 33.6 Å². The lowest BCUT2D eigenvalue weighted by Gasteiger charge is -2.17. The summed E-state index contributed by atoms with van der Waals surface area (Å²) in [5.41, 5.74) is 1.10. The van der Waals surface area contributed by atoms with Crippen LogP contribution in [-0.2, 0) is 4.74 Å².